The Balaban J connectivity index is 1.42. The van der Waals surface area contributed by atoms with Crippen LogP contribution in [0.4, 0.5) is 8.78 Å². The fraction of sp³-hybridized carbons (Fsp3) is 0.333. The van der Waals surface area contributed by atoms with Crippen LogP contribution in [0.15, 0.2) is 40.8 Å². The summed E-state index contributed by atoms with van der Waals surface area (Å²) in [5.41, 5.74) is 2.96. The summed E-state index contributed by atoms with van der Waals surface area (Å²) in [5, 5.41) is 0. The molecule has 0 amide bonds. The molecule has 0 radical (unpaired) electrons. The molecule has 0 spiro atoms. The van der Waals surface area contributed by atoms with Gasteiger partial charge in [-0.2, -0.15) is 0 Å². The van der Waals surface area contributed by atoms with Crippen LogP contribution in [0.3, 0.4) is 0 Å². The third-order valence-corrected chi connectivity index (χ3v) is 6.04. The number of imidazole rings is 1. The number of rotatable bonds is 5. The number of likely N-dealkylation sites (tertiary alicyclic amines) is 1. The molecule has 2 aromatic carbocycles. The lowest BCUT2D eigenvalue weighted by Gasteiger charge is -2.34. The van der Waals surface area contributed by atoms with Crippen LogP contribution in [-0.4, -0.2) is 33.5 Å². The number of oxazole rings is 1. The first kappa shape index (κ1) is 20.6. The molecule has 4 aromatic rings. The normalized spacial score (nSPS) is 17.2. The van der Waals surface area contributed by atoms with E-state index < -0.39 is 5.82 Å². The number of hydrogen-bond donors (Lipinski definition) is 1. The van der Waals surface area contributed by atoms with Crippen molar-refractivity contribution in [3.63, 3.8) is 0 Å². The van der Waals surface area contributed by atoms with E-state index in [1.807, 2.05) is 6.92 Å². The number of H-pyrrole nitrogens is 1. The Morgan fingerprint density at radius 1 is 1.16 bits per heavy atom. The number of methoxy groups -OCH3 is 1. The second-order valence-electron chi connectivity index (χ2n) is 8.14. The predicted octanol–water partition coefficient (Wildman–Crippen LogP) is 5.54. The Morgan fingerprint density at radius 3 is 2.88 bits per heavy atom. The van der Waals surface area contributed by atoms with E-state index >= 15 is 0 Å². The highest BCUT2D eigenvalue weighted by atomic mass is 19.1. The van der Waals surface area contributed by atoms with E-state index in [0.29, 0.717) is 23.5 Å². The third-order valence-electron chi connectivity index (χ3n) is 6.04. The van der Waals surface area contributed by atoms with Crippen LogP contribution < -0.4 is 4.74 Å². The molecule has 0 saturated carbocycles. The molecule has 166 valence electrons. The number of piperidine rings is 1. The Kier molecular flexibility index (Phi) is 5.38. The molecule has 0 bridgehead atoms. The lowest BCUT2D eigenvalue weighted by molar-refractivity contribution is 0.132. The molecule has 1 N–H and O–H groups in total. The first-order valence-electron chi connectivity index (χ1n) is 10.7. The summed E-state index contributed by atoms with van der Waals surface area (Å²) in [6, 6.07) is 9.25. The molecule has 1 aliphatic heterocycles. The van der Waals surface area contributed by atoms with Crippen LogP contribution in [0.5, 0.6) is 5.75 Å². The summed E-state index contributed by atoms with van der Waals surface area (Å²) < 4.78 is 38.4. The molecule has 3 heterocycles. The molecule has 5 rings (SSSR count). The molecule has 6 nitrogen and oxygen atoms in total. The van der Waals surface area contributed by atoms with Gasteiger partial charge < -0.3 is 14.1 Å². The van der Waals surface area contributed by atoms with Gasteiger partial charge in [-0.1, -0.05) is 6.42 Å². The number of fused-ring (bicyclic) bond motifs is 1. The van der Waals surface area contributed by atoms with E-state index in [-0.39, 0.29) is 17.6 Å². The number of nitrogens with zero attached hydrogens (tertiary/aromatic N) is 3. The van der Waals surface area contributed by atoms with Gasteiger partial charge in [0.25, 0.3) is 0 Å². The van der Waals surface area contributed by atoms with E-state index in [0.717, 1.165) is 48.6 Å². The van der Waals surface area contributed by atoms with Crippen molar-refractivity contribution in [3.8, 4) is 17.2 Å². The van der Waals surface area contributed by atoms with Crippen molar-refractivity contribution in [1.82, 2.24) is 19.9 Å². The lowest BCUT2D eigenvalue weighted by Crippen LogP contribution is -2.33. The van der Waals surface area contributed by atoms with Gasteiger partial charge in [0.05, 0.1) is 29.9 Å². The number of benzene rings is 2. The second kappa shape index (κ2) is 8.35. The van der Waals surface area contributed by atoms with Gasteiger partial charge >= 0.3 is 0 Å². The summed E-state index contributed by atoms with van der Waals surface area (Å²) in [6.07, 6.45) is 3.15. The zero-order valence-corrected chi connectivity index (χ0v) is 18.0. The van der Waals surface area contributed by atoms with Crippen LogP contribution in [0.2, 0.25) is 0 Å². The summed E-state index contributed by atoms with van der Waals surface area (Å²) in [7, 11) is 1.43. The molecule has 1 unspecified atom stereocenters. The molecular weight excluding hydrogens is 414 g/mol. The summed E-state index contributed by atoms with van der Waals surface area (Å²) >= 11 is 0. The maximum absolute atomic E-state index is 13.8. The zero-order valence-electron chi connectivity index (χ0n) is 18.0. The van der Waals surface area contributed by atoms with Crippen LogP contribution >= 0.6 is 0 Å². The smallest absolute Gasteiger partial charge is 0.226 e. The number of aryl methyl sites for hydroxylation is 1. The molecule has 2 aromatic heterocycles. The Labute approximate surface area is 184 Å². The molecule has 0 aliphatic carbocycles. The van der Waals surface area contributed by atoms with Gasteiger partial charge in [-0.3, -0.25) is 4.90 Å². The van der Waals surface area contributed by atoms with Crippen molar-refractivity contribution in [2.24, 2.45) is 0 Å². The van der Waals surface area contributed by atoms with Gasteiger partial charge in [0.2, 0.25) is 5.89 Å². The largest absolute Gasteiger partial charge is 0.494 e. The van der Waals surface area contributed by atoms with Gasteiger partial charge in [0.15, 0.2) is 11.6 Å². The van der Waals surface area contributed by atoms with Crippen molar-refractivity contribution in [1.29, 1.82) is 0 Å². The fourth-order valence-corrected chi connectivity index (χ4v) is 4.33. The van der Waals surface area contributed by atoms with Crippen LogP contribution in [-0.2, 0) is 6.54 Å². The minimum atomic E-state index is -0.429. The van der Waals surface area contributed by atoms with Crippen LogP contribution in [0, 0.1) is 18.6 Å². The number of ether oxygens (including phenoxy) is 1. The van der Waals surface area contributed by atoms with E-state index in [4.69, 9.17) is 19.1 Å². The number of nitrogens with one attached hydrogen (secondary N) is 1. The van der Waals surface area contributed by atoms with Crippen molar-refractivity contribution < 1.29 is 17.9 Å². The topological polar surface area (TPSA) is 67.2 Å². The van der Waals surface area contributed by atoms with E-state index in [9.17, 15) is 8.78 Å². The van der Waals surface area contributed by atoms with Gasteiger partial charge in [-0.05, 0) is 62.7 Å². The Hall–Kier alpha value is -3.26. The molecule has 32 heavy (non-hydrogen) atoms. The standard InChI is InChI=1S/C24H24F2N4O2/c1-14-20(29-24(32-14)15-6-8-17(26)22(11-15)31-2)13-30-10-4-3-5-21(30)23-27-18-9-7-16(25)12-19(18)28-23/h6-9,11-12,21H,3-5,10,13H2,1-2H3,(H,27,28). The maximum atomic E-state index is 13.8. The van der Waals surface area contributed by atoms with E-state index in [1.54, 1.807) is 18.2 Å². The first-order chi connectivity index (χ1) is 15.5. The summed E-state index contributed by atoms with van der Waals surface area (Å²) in [5.74, 6) is 1.44. The van der Waals surface area contributed by atoms with Gasteiger partial charge in [-0.25, -0.2) is 18.7 Å². The second-order valence-corrected chi connectivity index (χ2v) is 8.14. The summed E-state index contributed by atoms with van der Waals surface area (Å²) in [4.78, 5) is 15.0. The predicted molar refractivity (Wildman–Crippen MR) is 116 cm³/mol. The third kappa shape index (κ3) is 3.86. The highest BCUT2D eigenvalue weighted by Crippen LogP contribution is 2.33. The van der Waals surface area contributed by atoms with Crippen LogP contribution in [0.1, 0.15) is 42.6 Å². The van der Waals surface area contributed by atoms with E-state index in [1.165, 1.54) is 25.3 Å². The highest BCUT2D eigenvalue weighted by Gasteiger charge is 2.28. The highest BCUT2D eigenvalue weighted by molar-refractivity contribution is 5.75. The molecule has 1 atom stereocenters. The monoisotopic (exact) mass is 438 g/mol. The molecule has 1 aliphatic rings. The van der Waals surface area contributed by atoms with Crippen molar-refractivity contribution in [2.45, 2.75) is 38.8 Å². The number of hydrogen-bond acceptors (Lipinski definition) is 5. The average molecular weight is 438 g/mol. The first-order valence-corrected chi connectivity index (χ1v) is 10.7. The van der Waals surface area contributed by atoms with Gasteiger partial charge in [0.1, 0.15) is 17.4 Å². The molecule has 1 fully saturated rings. The Morgan fingerprint density at radius 2 is 2.03 bits per heavy atom. The van der Waals surface area contributed by atoms with Crippen molar-refractivity contribution in [3.05, 3.63) is 65.3 Å². The molecule has 1 saturated heterocycles. The maximum Gasteiger partial charge on any atom is 0.226 e. The van der Waals surface area contributed by atoms with Crippen molar-refractivity contribution >= 4 is 11.0 Å². The fourth-order valence-electron chi connectivity index (χ4n) is 4.33. The SMILES string of the molecule is COc1cc(-c2nc(CN3CCCCC3c3nc4ccc(F)cc4[nH]3)c(C)o2)ccc1F. The minimum absolute atomic E-state index is 0.0877. The Bertz CT molecular complexity index is 1270. The molecular formula is C24H24F2N4O2. The van der Waals surface area contributed by atoms with Crippen molar-refractivity contribution in [2.75, 3.05) is 13.7 Å². The summed E-state index contributed by atoms with van der Waals surface area (Å²) in [6.45, 7) is 3.39. The van der Waals surface area contributed by atoms with Gasteiger partial charge in [0, 0.05) is 12.1 Å². The zero-order chi connectivity index (χ0) is 22.2. The lowest BCUT2D eigenvalue weighted by atomic mass is 10.0. The van der Waals surface area contributed by atoms with E-state index in [2.05, 4.69) is 9.88 Å². The van der Waals surface area contributed by atoms with Gasteiger partial charge in [-0.15, -0.1) is 0 Å². The quantitative estimate of drug-likeness (QED) is 0.443. The molecule has 8 heteroatoms. The number of aromatic nitrogens is 3. The minimum Gasteiger partial charge on any atom is -0.494 e. The number of halogens is 2. The van der Waals surface area contributed by atoms with Crippen LogP contribution in [0.25, 0.3) is 22.5 Å². The number of aromatic amines is 1. The average Bonchev–Trinajstić information content (AvgIpc) is 3.37.